The van der Waals surface area contributed by atoms with Crippen LogP contribution in [-0.4, -0.2) is 35.7 Å². The van der Waals surface area contributed by atoms with Crippen LogP contribution in [0.4, 0.5) is 0 Å². The van der Waals surface area contributed by atoms with Crippen LogP contribution >= 0.6 is 0 Å². The third kappa shape index (κ3) is 3.37. The SMILES string of the molecule is C[C@H](CB1OC(C)(C)C(C)(C)O1)[C@H]1CC[C@H]2[C@@H]3C(=O)C[C@@H]4CC(=O)CC[C@]4(C)C3CC(=O)[C@]12C. The second-order valence-corrected chi connectivity index (χ2v) is 13.8. The van der Waals surface area contributed by atoms with Gasteiger partial charge in [-0.3, -0.25) is 14.4 Å². The van der Waals surface area contributed by atoms with Crippen molar-refractivity contribution in [3.05, 3.63) is 0 Å². The molecule has 1 heterocycles. The molecule has 0 amide bonds. The zero-order valence-corrected chi connectivity index (χ0v) is 22.2. The predicted octanol–water partition coefficient (Wildman–Crippen LogP) is 5.30. The maximum Gasteiger partial charge on any atom is 0.458 e. The highest BCUT2D eigenvalue weighted by atomic mass is 16.7. The van der Waals surface area contributed by atoms with Gasteiger partial charge < -0.3 is 9.31 Å². The molecule has 0 aromatic rings. The number of fused-ring (bicyclic) bond motifs is 5. The molecule has 0 bridgehead atoms. The average molecular weight is 470 g/mol. The molecule has 1 saturated heterocycles. The van der Waals surface area contributed by atoms with E-state index in [1.807, 2.05) is 0 Å². The zero-order chi connectivity index (χ0) is 24.8. The maximum absolute atomic E-state index is 14.0. The van der Waals surface area contributed by atoms with Crippen molar-refractivity contribution in [1.29, 1.82) is 0 Å². The molecule has 4 aliphatic carbocycles. The van der Waals surface area contributed by atoms with E-state index in [0.717, 1.165) is 25.6 Å². The van der Waals surface area contributed by atoms with Gasteiger partial charge in [-0.2, -0.15) is 0 Å². The van der Waals surface area contributed by atoms with Crippen LogP contribution in [-0.2, 0) is 23.7 Å². The van der Waals surface area contributed by atoms with Crippen LogP contribution in [0.5, 0.6) is 0 Å². The molecule has 0 N–H and O–H groups in total. The molecule has 5 nitrogen and oxygen atoms in total. The Morgan fingerprint density at radius 3 is 2.21 bits per heavy atom. The van der Waals surface area contributed by atoms with E-state index in [-0.39, 0.29) is 65.0 Å². The smallest absolute Gasteiger partial charge is 0.403 e. The Bertz CT molecular complexity index is 894. The Kier molecular flexibility index (Phi) is 5.62. The van der Waals surface area contributed by atoms with Crippen molar-refractivity contribution in [2.24, 2.45) is 46.3 Å². The van der Waals surface area contributed by atoms with Gasteiger partial charge in [-0.25, -0.2) is 0 Å². The number of carbonyl (C=O) groups is 3. The largest absolute Gasteiger partial charge is 0.458 e. The minimum absolute atomic E-state index is 0.0220. The summed E-state index contributed by atoms with van der Waals surface area (Å²) in [6.45, 7) is 15.0. The lowest BCUT2D eigenvalue weighted by Gasteiger charge is -2.58. The van der Waals surface area contributed by atoms with Gasteiger partial charge in [0.1, 0.15) is 17.3 Å². The van der Waals surface area contributed by atoms with Gasteiger partial charge in [0.25, 0.3) is 0 Å². The van der Waals surface area contributed by atoms with E-state index in [1.165, 1.54) is 0 Å². The van der Waals surface area contributed by atoms with E-state index in [9.17, 15) is 14.4 Å². The lowest BCUT2D eigenvalue weighted by molar-refractivity contribution is -0.166. The second-order valence-electron chi connectivity index (χ2n) is 13.8. The summed E-state index contributed by atoms with van der Waals surface area (Å²) in [5.41, 5.74) is -1.21. The van der Waals surface area contributed by atoms with E-state index < -0.39 is 5.41 Å². The highest BCUT2D eigenvalue weighted by molar-refractivity contribution is 6.45. The first-order valence-corrected chi connectivity index (χ1v) is 13.6. The molecule has 5 aliphatic rings. The third-order valence-electron chi connectivity index (χ3n) is 11.8. The molecule has 5 rings (SSSR count). The summed E-state index contributed by atoms with van der Waals surface area (Å²) >= 11 is 0. The lowest BCUT2D eigenvalue weighted by Crippen LogP contribution is -2.60. The van der Waals surface area contributed by atoms with Gasteiger partial charge in [0, 0.05) is 37.0 Å². The van der Waals surface area contributed by atoms with Crippen LogP contribution in [0.3, 0.4) is 0 Å². The molecule has 0 aromatic carbocycles. The molecule has 0 aromatic heterocycles. The molecule has 6 heteroatoms. The van der Waals surface area contributed by atoms with Crippen molar-refractivity contribution in [1.82, 2.24) is 0 Å². The van der Waals surface area contributed by atoms with Gasteiger partial charge in [0.2, 0.25) is 0 Å². The first kappa shape index (κ1) is 24.7. The number of ketones is 3. The Morgan fingerprint density at radius 2 is 1.56 bits per heavy atom. The topological polar surface area (TPSA) is 69.7 Å². The summed E-state index contributed by atoms with van der Waals surface area (Å²) in [5, 5.41) is 0. The van der Waals surface area contributed by atoms with E-state index in [4.69, 9.17) is 9.31 Å². The lowest BCUT2D eigenvalue weighted by atomic mass is 9.43. The maximum atomic E-state index is 14.0. The van der Waals surface area contributed by atoms with Crippen LogP contribution < -0.4 is 0 Å². The van der Waals surface area contributed by atoms with Crippen molar-refractivity contribution in [3.8, 4) is 0 Å². The van der Waals surface area contributed by atoms with Gasteiger partial charge in [-0.1, -0.05) is 20.8 Å². The Labute approximate surface area is 205 Å². The van der Waals surface area contributed by atoms with Gasteiger partial charge >= 0.3 is 7.12 Å². The normalized spacial score (nSPS) is 46.1. The van der Waals surface area contributed by atoms with Gasteiger partial charge in [-0.05, 0) is 88.3 Å². The van der Waals surface area contributed by atoms with Crippen molar-refractivity contribution in [2.75, 3.05) is 0 Å². The number of Topliss-reactive ketones (excluding diaryl/α,β-unsaturated/α-hetero) is 3. The van der Waals surface area contributed by atoms with Crippen LogP contribution in [0, 0.1) is 46.3 Å². The molecule has 0 spiro atoms. The van der Waals surface area contributed by atoms with Gasteiger partial charge in [0.05, 0.1) is 11.2 Å². The van der Waals surface area contributed by atoms with Crippen LogP contribution in [0.2, 0.25) is 6.32 Å². The molecule has 8 atom stereocenters. The Balaban J connectivity index is 1.38. The minimum Gasteiger partial charge on any atom is -0.403 e. The van der Waals surface area contributed by atoms with Crippen molar-refractivity contribution in [3.63, 3.8) is 0 Å². The molecule has 0 radical (unpaired) electrons. The summed E-state index contributed by atoms with van der Waals surface area (Å²) in [6.07, 6.45) is 5.71. The molecular weight excluding hydrogens is 427 g/mol. The summed E-state index contributed by atoms with van der Waals surface area (Å²) in [4.78, 5) is 39.7. The van der Waals surface area contributed by atoms with E-state index in [1.54, 1.807) is 0 Å². The number of hydrogen-bond acceptors (Lipinski definition) is 5. The van der Waals surface area contributed by atoms with E-state index in [2.05, 4.69) is 48.5 Å². The summed E-state index contributed by atoms with van der Waals surface area (Å²) < 4.78 is 12.6. The Hall–Kier alpha value is -1.01. The number of hydrogen-bond donors (Lipinski definition) is 0. The molecule has 4 saturated carbocycles. The quantitative estimate of drug-likeness (QED) is 0.524. The fourth-order valence-electron chi connectivity index (χ4n) is 8.92. The summed E-state index contributed by atoms with van der Waals surface area (Å²) in [6, 6.07) is 0. The first-order chi connectivity index (χ1) is 15.7. The summed E-state index contributed by atoms with van der Waals surface area (Å²) in [5.74, 6) is 1.83. The number of carbonyl (C=O) groups excluding carboxylic acids is 3. The van der Waals surface area contributed by atoms with Crippen molar-refractivity contribution < 1.29 is 23.7 Å². The number of rotatable bonds is 3. The van der Waals surface area contributed by atoms with Crippen molar-refractivity contribution >= 4 is 24.5 Å². The predicted molar refractivity (Wildman–Crippen MR) is 131 cm³/mol. The highest BCUT2D eigenvalue weighted by Gasteiger charge is 2.66. The van der Waals surface area contributed by atoms with Crippen molar-refractivity contribution in [2.45, 2.75) is 111 Å². The third-order valence-corrected chi connectivity index (χ3v) is 11.8. The molecule has 34 heavy (non-hydrogen) atoms. The Morgan fingerprint density at radius 1 is 0.912 bits per heavy atom. The molecule has 5 fully saturated rings. The van der Waals surface area contributed by atoms with Crippen LogP contribution in [0.1, 0.15) is 93.4 Å². The van der Waals surface area contributed by atoms with E-state index in [0.29, 0.717) is 37.2 Å². The highest BCUT2D eigenvalue weighted by Crippen LogP contribution is 2.66. The van der Waals surface area contributed by atoms with Gasteiger partial charge in [-0.15, -0.1) is 0 Å². The average Bonchev–Trinajstić information content (AvgIpc) is 3.17. The van der Waals surface area contributed by atoms with Crippen LogP contribution in [0.15, 0.2) is 0 Å². The van der Waals surface area contributed by atoms with E-state index >= 15 is 0 Å². The van der Waals surface area contributed by atoms with Crippen LogP contribution in [0.25, 0.3) is 0 Å². The second kappa shape index (κ2) is 7.75. The fraction of sp³-hybridized carbons (Fsp3) is 0.893. The zero-order valence-electron chi connectivity index (χ0n) is 22.2. The molecule has 188 valence electrons. The van der Waals surface area contributed by atoms with Gasteiger partial charge in [0.15, 0.2) is 0 Å². The standard InChI is InChI=1S/C28H43BO5/c1-16(15-29-33-25(2,3)26(4,5)34-29)19-8-9-20-24-21(14-23(32)28(19,20)7)27(6)11-10-18(30)12-17(27)13-22(24)31/h16-17,19-21,24H,8-15H2,1-7H3/t16-,17+,19-,20+,21?,24+,27+,28-/m1/s1. The molecular formula is C28H43BO5. The fourth-order valence-corrected chi connectivity index (χ4v) is 8.92. The first-order valence-electron chi connectivity index (χ1n) is 13.6. The summed E-state index contributed by atoms with van der Waals surface area (Å²) in [7, 11) is -0.259. The molecule has 1 aliphatic heterocycles. The minimum atomic E-state index is -0.451. The molecule has 1 unspecified atom stereocenters. The monoisotopic (exact) mass is 470 g/mol.